The van der Waals surface area contributed by atoms with Gasteiger partial charge in [-0.25, -0.2) is 0 Å². The second-order valence-electron chi connectivity index (χ2n) is 3.88. The number of nitrogens with two attached hydrogens (primary N) is 1. The molecule has 1 rings (SSSR count). The molecule has 0 atom stereocenters. The number of hydrogen-bond acceptors (Lipinski definition) is 1. The third-order valence-corrected chi connectivity index (χ3v) is 3.02. The highest BCUT2D eigenvalue weighted by atomic mass is 15.1. The Morgan fingerprint density at radius 2 is 2.00 bits per heavy atom. The molecular formula is C10H21N3. The van der Waals surface area contributed by atoms with Crippen molar-refractivity contribution in [1.29, 1.82) is 0 Å². The number of nitrogens with zero attached hydrogens (tertiary/aromatic N) is 1. The maximum atomic E-state index is 5.61. The van der Waals surface area contributed by atoms with E-state index in [-0.39, 0.29) is 0 Å². The lowest BCUT2D eigenvalue weighted by atomic mass is 9.85. The second kappa shape index (κ2) is 5.10. The average Bonchev–Trinajstić information content (AvgIpc) is 2.19. The number of nitrogens with one attached hydrogen (secondary N) is 1. The zero-order valence-electron chi connectivity index (χ0n) is 8.71. The molecule has 1 aliphatic rings. The molecule has 1 saturated carbocycles. The van der Waals surface area contributed by atoms with Crippen LogP contribution in [0.5, 0.6) is 0 Å². The first kappa shape index (κ1) is 10.4. The molecule has 13 heavy (non-hydrogen) atoms. The van der Waals surface area contributed by atoms with Gasteiger partial charge in [-0.1, -0.05) is 13.3 Å². The predicted molar refractivity (Wildman–Crippen MR) is 56.7 cm³/mol. The molecule has 3 N–H and O–H groups in total. The molecule has 3 heteroatoms. The van der Waals surface area contributed by atoms with Gasteiger partial charge in [0, 0.05) is 13.1 Å². The summed E-state index contributed by atoms with van der Waals surface area (Å²) in [7, 11) is 1.72. The van der Waals surface area contributed by atoms with E-state index in [2.05, 4.69) is 17.2 Å². The van der Waals surface area contributed by atoms with Crippen molar-refractivity contribution in [2.24, 2.45) is 16.6 Å². The highest BCUT2D eigenvalue weighted by Gasteiger charge is 2.19. The second-order valence-corrected chi connectivity index (χ2v) is 3.88. The van der Waals surface area contributed by atoms with Crippen LogP contribution in [0.2, 0.25) is 0 Å². The molecule has 0 amide bonds. The topological polar surface area (TPSA) is 50.4 Å². The van der Waals surface area contributed by atoms with E-state index in [0.29, 0.717) is 12.0 Å². The van der Waals surface area contributed by atoms with Crippen molar-refractivity contribution in [1.82, 2.24) is 5.32 Å². The Balaban J connectivity index is 2.25. The first-order valence-electron chi connectivity index (χ1n) is 5.25. The lowest BCUT2D eigenvalue weighted by Crippen LogP contribution is -2.41. The van der Waals surface area contributed by atoms with Gasteiger partial charge in [0.1, 0.15) is 0 Å². The molecule has 0 aromatic rings. The van der Waals surface area contributed by atoms with E-state index >= 15 is 0 Å². The number of aliphatic imine (C=N–C) groups is 1. The smallest absolute Gasteiger partial charge is 0.188 e. The van der Waals surface area contributed by atoms with Crippen molar-refractivity contribution in [3.8, 4) is 0 Å². The van der Waals surface area contributed by atoms with Crippen molar-refractivity contribution < 1.29 is 0 Å². The molecular weight excluding hydrogens is 162 g/mol. The number of rotatable bonds is 2. The van der Waals surface area contributed by atoms with Crippen molar-refractivity contribution in [2.75, 3.05) is 7.05 Å². The van der Waals surface area contributed by atoms with Gasteiger partial charge >= 0.3 is 0 Å². The van der Waals surface area contributed by atoms with Crippen molar-refractivity contribution in [3.63, 3.8) is 0 Å². The van der Waals surface area contributed by atoms with E-state index in [9.17, 15) is 0 Å². The van der Waals surface area contributed by atoms with E-state index in [1.165, 1.54) is 32.1 Å². The lowest BCUT2D eigenvalue weighted by Gasteiger charge is -2.28. The molecule has 0 aromatic carbocycles. The highest BCUT2D eigenvalue weighted by Crippen LogP contribution is 2.26. The van der Waals surface area contributed by atoms with Gasteiger partial charge in [0.05, 0.1) is 0 Å². The van der Waals surface area contributed by atoms with Crippen LogP contribution >= 0.6 is 0 Å². The Bertz CT molecular complexity index is 169. The lowest BCUT2D eigenvalue weighted by molar-refractivity contribution is 0.305. The molecule has 0 aliphatic heterocycles. The Morgan fingerprint density at radius 3 is 2.46 bits per heavy atom. The van der Waals surface area contributed by atoms with Crippen molar-refractivity contribution >= 4 is 5.96 Å². The monoisotopic (exact) mass is 183 g/mol. The van der Waals surface area contributed by atoms with E-state index in [1.54, 1.807) is 7.05 Å². The highest BCUT2D eigenvalue weighted by molar-refractivity contribution is 5.77. The predicted octanol–water partition coefficient (Wildman–Crippen LogP) is 1.49. The van der Waals surface area contributed by atoms with E-state index in [0.717, 1.165) is 5.92 Å². The largest absolute Gasteiger partial charge is 0.370 e. The molecule has 0 saturated heterocycles. The van der Waals surface area contributed by atoms with Crippen LogP contribution in [0.3, 0.4) is 0 Å². The first-order chi connectivity index (χ1) is 6.26. The zero-order chi connectivity index (χ0) is 9.68. The Morgan fingerprint density at radius 1 is 1.38 bits per heavy atom. The summed E-state index contributed by atoms with van der Waals surface area (Å²) < 4.78 is 0. The average molecular weight is 183 g/mol. The summed E-state index contributed by atoms with van der Waals surface area (Å²) >= 11 is 0. The third kappa shape index (κ3) is 3.25. The Kier molecular flexibility index (Phi) is 4.06. The van der Waals surface area contributed by atoms with E-state index < -0.39 is 0 Å². The molecule has 1 fully saturated rings. The summed E-state index contributed by atoms with van der Waals surface area (Å²) in [6.45, 7) is 2.28. The van der Waals surface area contributed by atoms with Gasteiger partial charge in [-0.15, -0.1) is 0 Å². The summed E-state index contributed by atoms with van der Waals surface area (Å²) in [5.74, 6) is 1.53. The van der Waals surface area contributed by atoms with E-state index in [1.807, 2.05) is 0 Å². The molecule has 1 aliphatic carbocycles. The molecule has 76 valence electrons. The van der Waals surface area contributed by atoms with Gasteiger partial charge in [-0.2, -0.15) is 0 Å². The van der Waals surface area contributed by atoms with Crippen LogP contribution < -0.4 is 11.1 Å². The minimum absolute atomic E-state index is 0.562. The number of guanidine groups is 1. The summed E-state index contributed by atoms with van der Waals surface area (Å²) in [4.78, 5) is 3.91. The zero-order valence-corrected chi connectivity index (χ0v) is 8.71. The SMILES string of the molecule is CCC1CCC(NC(N)=NC)CC1. The fourth-order valence-corrected chi connectivity index (χ4v) is 1.99. The summed E-state index contributed by atoms with van der Waals surface area (Å²) in [6.07, 6.45) is 6.49. The standard InChI is InChI=1S/C10H21N3/c1-3-8-4-6-9(7-5-8)13-10(11)12-2/h8-9H,3-7H2,1-2H3,(H3,11,12,13). The van der Waals surface area contributed by atoms with Crippen LogP contribution in [-0.2, 0) is 0 Å². The minimum Gasteiger partial charge on any atom is -0.370 e. The summed E-state index contributed by atoms with van der Waals surface area (Å²) in [6, 6.07) is 0.562. The number of hydrogen-bond donors (Lipinski definition) is 2. The van der Waals surface area contributed by atoms with Gasteiger partial charge in [0.2, 0.25) is 0 Å². The van der Waals surface area contributed by atoms with Gasteiger partial charge < -0.3 is 11.1 Å². The molecule has 0 aromatic heterocycles. The minimum atomic E-state index is 0.562. The van der Waals surface area contributed by atoms with Crippen LogP contribution in [-0.4, -0.2) is 19.0 Å². The summed E-state index contributed by atoms with van der Waals surface area (Å²) in [5.41, 5.74) is 5.61. The molecule has 0 bridgehead atoms. The van der Waals surface area contributed by atoms with Crippen molar-refractivity contribution in [3.05, 3.63) is 0 Å². The van der Waals surface area contributed by atoms with Gasteiger partial charge in [0.15, 0.2) is 5.96 Å². The van der Waals surface area contributed by atoms with Crippen molar-refractivity contribution in [2.45, 2.75) is 45.1 Å². The molecule has 0 unspecified atom stereocenters. The molecule has 3 nitrogen and oxygen atoms in total. The fraction of sp³-hybridized carbons (Fsp3) is 0.900. The van der Waals surface area contributed by atoms with Crippen LogP contribution in [0.4, 0.5) is 0 Å². The quantitative estimate of drug-likeness (QED) is 0.503. The Hall–Kier alpha value is -0.730. The maximum Gasteiger partial charge on any atom is 0.188 e. The van der Waals surface area contributed by atoms with Gasteiger partial charge in [0.25, 0.3) is 0 Å². The van der Waals surface area contributed by atoms with Crippen LogP contribution in [0.15, 0.2) is 4.99 Å². The molecule has 0 heterocycles. The summed E-state index contributed by atoms with van der Waals surface area (Å²) in [5, 5.41) is 3.24. The Labute approximate surface area is 80.8 Å². The molecule has 0 spiro atoms. The normalized spacial score (nSPS) is 30.2. The van der Waals surface area contributed by atoms with Crippen LogP contribution in [0.25, 0.3) is 0 Å². The van der Waals surface area contributed by atoms with Gasteiger partial charge in [-0.05, 0) is 31.6 Å². The van der Waals surface area contributed by atoms with Crippen LogP contribution in [0, 0.1) is 5.92 Å². The first-order valence-corrected chi connectivity index (χ1v) is 5.25. The van der Waals surface area contributed by atoms with Gasteiger partial charge in [-0.3, -0.25) is 4.99 Å². The maximum absolute atomic E-state index is 5.61. The van der Waals surface area contributed by atoms with Crippen LogP contribution in [0.1, 0.15) is 39.0 Å². The fourth-order valence-electron chi connectivity index (χ4n) is 1.99. The van der Waals surface area contributed by atoms with E-state index in [4.69, 9.17) is 5.73 Å². The third-order valence-electron chi connectivity index (χ3n) is 3.02. The molecule has 0 radical (unpaired) electrons.